The molecule has 1 aromatic heterocycles. The number of aromatic amines is 1. The lowest BCUT2D eigenvalue weighted by molar-refractivity contribution is 0.0326. The van der Waals surface area contributed by atoms with E-state index in [1.165, 1.54) is 70.8 Å². The van der Waals surface area contributed by atoms with Crippen LogP contribution in [0.5, 0.6) is 0 Å². The Labute approximate surface area is 177 Å². The van der Waals surface area contributed by atoms with Crippen molar-refractivity contribution in [2.45, 2.75) is 67.8 Å². The summed E-state index contributed by atoms with van der Waals surface area (Å²) >= 11 is 1.56. The van der Waals surface area contributed by atoms with E-state index in [4.69, 9.17) is 0 Å². The first kappa shape index (κ1) is 20.4. The predicted molar refractivity (Wildman–Crippen MR) is 116 cm³/mol. The van der Waals surface area contributed by atoms with E-state index < -0.39 is 0 Å². The van der Waals surface area contributed by atoms with E-state index in [0.29, 0.717) is 5.75 Å². The number of amides is 1. The van der Waals surface area contributed by atoms with Crippen LogP contribution in [-0.4, -0.2) is 51.2 Å². The Hall–Kier alpha value is -1.86. The summed E-state index contributed by atoms with van der Waals surface area (Å²) in [7, 11) is 0. The minimum absolute atomic E-state index is 0.0423. The smallest absolute Gasteiger partial charge is 0.251 e. The van der Waals surface area contributed by atoms with Crippen molar-refractivity contribution in [3.8, 4) is 0 Å². The molecular weight excluding hydrogens is 382 g/mol. The van der Waals surface area contributed by atoms with Crippen LogP contribution in [-0.2, 0) is 5.75 Å². The normalized spacial score (nSPS) is 19.7. The van der Waals surface area contributed by atoms with Crippen LogP contribution < -0.4 is 5.32 Å². The topological polar surface area (TPSA) is 73.9 Å². The molecule has 2 aromatic rings. The first-order chi connectivity index (χ1) is 14.3. The average molecular weight is 414 g/mol. The molecule has 0 unspecified atom stereocenters. The Morgan fingerprint density at radius 2 is 1.86 bits per heavy atom. The molecule has 2 N–H and O–H groups in total. The Balaban J connectivity index is 1.42. The highest BCUT2D eigenvalue weighted by Crippen LogP contribution is 2.35. The number of carbonyl (C=O) groups is 1. The minimum Gasteiger partial charge on any atom is -0.350 e. The molecule has 0 spiro atoms. The summed E-state index contributed by atoms with van der Waals surface area (Å²) in [6, 6.07) is 7.89. The molecule has 2 aliphatic rings. The number of rotatable bonds is 7. The van der Waals surface area contributed by atoms with Gasteiger partial charge in [0.25, 0.3) is 5.91 Å². The summed E-state index contributed by atoms with van der Waals surface area (Å²) in [4.78, 5) is 20.0. The number of aromatic nitrogens is 3. The Kier molecular flexibility index (Phi) is 6.87. The molecular formula is C22H31N5OS. The molecule has 1 aliphatic carbocycles. The zero-order valence-electron chi connectivity index (χ0n) is 17.0. The highest BCUT2D eigenvalue weighted by molar-refractivity contribution is 7.98. The fraction of sp³-hybridized carbons (Fsp3) is 0.591. The first-order valence-electron chi connectivity index (χ1n) is 10.9. The molecule has 0 bridgehead atoms. The van der Waals surface area contributed by atoms with Gasteiger partial charge < -0.3 is 5.32 Å². The lowest BCUT2D eigenvalue weighted by atomic mass is 9.79. The predicted octanol–water partition coefficient (Wildman–Crippen LogP) is 4.02. The van der Waals surface area contributed by atoms with E-state index >= 15 is 0 Å². The van der Waals surface area contributed by atoms with E-state index in [2.05, 4.69) is 25.4 Å². The number of thioether (sulfide) groups is 1. The van der Waals surface area contributed by atoms with Gasteiger partial charge in [-0.25, -0.2) is 4.98 Å². The van der Waals surface area contributed by atoms with Crippen molar-refractivity contribution >= 4 is 17.7 Å². The van der Waals surface area contributed by atoms with Crippen LogP contribution in [0.25, 0.3) is 0 Å². The molecule has 4 rings (SSSR count). The second-order valence-corrected chi connectivity index (χ2v) is 9.22. The van der Waals surface area contributed by atoms with Gasteiger partial charge in [-0.15, -0.1) is 0 Å². The molecule has 1 aliphatic heterocycles. The second-order valence-electron chi connectivity index (χ2n) is 8.25. The molecule has 2 fully saturated rings. The molecule has 2 heterocycles. The van der Waals surface area contributed by atoms with Crippen molar-refractivity contribution < 1.29 is 4.79 Å². The van der Waals surface area contributed by atoms with Gasteiger partial charge in [0.15, 0.2) is 5.16 Å². The molecule has 0 radical (unpaired) electrons. The van der Waals surface area contributed by atoms with E-state index in [-0.39, 0.29) is 11.4 Å². The number of piperidine rings is 1. The van der Waals surface area contributed by atoms with Gasteiger partial charge in [0.2, 0.25) is 0 Å². The SMILES string of the molecule is O=C(NCC1(N2CCCCC2)CCCCC1)c1ccccc1CSc1ncn[nH]1. The second kappa shape index (κ2) is 9.76. The van der Waals surface area contributed by atoms with Gasteiger partial charge in [0.1, 0.15) is 6.33 Å². The summed E-state index contributed by atoms with van der Waals surface area (Å²) in [5.41, 5.74) is 1.95. The third kappa shape index (κ3) is 5.01. The maximum absolute atomic E-state index is 13.1. The van der Waals surface area contributed by atoms with Gasteiger partial charge in [-0.05, 0) is 50.4 Å². The Morgan fingerprint density at radius 1 is 1.10 bits per heavy atom. The van der Waals surface area contributed by atoms with Gasteiger partial charge >= 0.3 is 0 Å². The minimum atomic E-state index is 0.0423. The molecule has 1 saturated carbocycles. The maximum atomic E-state index is 13.1. The summed E-state index contributed by atoms with van der Waals surface area (Å²) in [6.45, 7) is 3.12. The number of hydrogen-bond donors (Lipinski definition) is 2. The van der Waals surface area contributed by atoms with Crippen molar-refractivity contribution in [1.82, 2.24) is 25.4 Å². The molecule has 156 valence electrons. The maximum Gasteiger partial charge on any atom is 0.251 e. The van der Waals surface area contributed by atoms with Gasteiger partial charge in [-0.1, -0.05) is 55.6 Å². The van der Waals surface area contributed by atoms with Crippen molar-refractivity contribution in [3.63, 3.8) is 0 Å². The van der Waals surface area contributed by atoms with Crippen LogP contribution in [0.15, 0.2) is 35.7 Å². The largest absolute Gasteiger partial charge is 0.350 e. The number of hydrogen-bond acceptors (Lipinski definition) is 5. The van der Waals surface area contributed by atoms with Crippen LogP contribution in [0.4, 0.5) is 0 Å². The van der Waals surface area contributed by atoms with Gasteiger partial charge in [0.05, 0.1) is 0 Å². The summed E-state index contributed by atoms with van der Waals surface area (Å²) in [5.74, 6) is 0.733. The first-order valence-corrected chi connectivity index (χ1v) is 11.8. The third-order valence-electron chi connectivity index (χ3n) is 6.41. The van der Waals surface area contributed by atoms with Gasteiger partial charge in [-0.3, -0.25) is 14.8 Å². The number of benzene rings is 1. The van der Waals surface area contributed by atoms with E-state index in [1.807, 2.05) is 24.3 Å². The molecule has 1 saturated heterocycles. The summed E-state index contributed by atoms with van der Waals surface area (Å²) < 4.78 is 0. The highest BCUT2D eigenvalue weighted by Gasteiger charge is 2.38. The number of H-pyrrole nitrogens is 1. The molecule has 1 amide bonds. The molecule has 29 heavy (non-hydrogen) atoms. The third-order valence-corrected chi connectivity index (χ3v) is 7.33. The van der Waals surface area contributed by atoms with Crippen molar-refractivity contribution in [2.75, 3.05) is 19.6 Å². The lowest BCUT2D eigenvalue weighted by Crippen LogP contribution is -2.58. The fourth-order valence-corrected chi connectivity index (χ4v) is 5.58. The van der Waals surface area contributed by atoms with Crippen molar-refractivity contribution in [3.05, 3.63) is 41.7 Å². The fourth-order valence-electron chi connectivity index (χ4n) is 4.80. The average Bonchev–Trinajstić information content (AvgIpc) is 3.31. The quantitative estimate of drug-likeness (QED) is 0.671. The van der Waals surface area contributed by atoms with E-state index in [0.717, 1.165) is 22.8 Å². The molecule has 0 atom stereocenters. The number of carbonyl (C=O) groups excluding carboxylic acids is 1. The Morgan fingerprint density at radius 3 is 2.62 bits per heavy atom. The van der Waals surface area contributed by atoms with Crippen LogP contribution >= 0.6 is 11.8 Å². The molecule has 1 aromatic carbocycles. The van der Waals surface area contributed by atoms with Crippen LogP contribution in [0.2, 0.25) is 0 Å². The molecule has 6 nitrogen and oxygen atoms in total. The zero-order chi connectivity index (χ0) is 19.9. The van der Waals surface area contributed by atoms with Gasteiger partial charge in [-0.2, -0.15) is 5.10 Å². The van der Waals surface area contributed by atoms with Crippen LogP contribution in [0.1, 0.15) is 67.3 Å². The summed E-state index contributed by atoms with van der Waals surface area (Å²) in [5, 5.41) is 10.8. The summed E-state index contributed by atoms with van der Waals surface area (Å²) in [6.07, 6.45) is 11.7. The zero-order valence-corrected chi connectivity index (χ0v) is 17.8. The van der Waals surface area contributed by atoms with Crippen molar-refractivity contribution in [1.29, 1.82) is 0 Å². The lowest BCUT2D eigenvalue weighted by Gasteiger charge is -2.48. The van der Waals surface area contributed by atoms with E-state index in [1.54, 1.807) is 11.8 Å². The van der Waals surface area contributed by atoms with Crippen LogP contribution in [0, 0.1) is 0 Å². The number of nitrogens with zero attached hydrogens (tertiary/aromatic N) is 3. The number of nitrogens with one attached hydrogen (secondary N) is 2. The highest BCUT2D eigenvalue weighted by atomic mass is 32.2. The monoisotopic (exact) mass is 413 g/mol. The molecule has 7 heteroatoms. The van der Waals surface area contributed by atoms with Crippen molar-refractivity contribution in [2.24, 2.45) is 0 Å². The van der Waals surface area contributed by atoms with Gasteiger partial charge in [0, 0.05) is 23.4 Å². The Bertz CT molecular complexity index is 782. The number of likely N-dealkylation sites (tertiary alicyclic amines) is 1. The van der Waals surface area contributed by atoms with Crippen LogP contribution in [0.3, 0.4) is 0 Å². The standard InChI is InChI=1S/C22H31N5OS/c28-20(19-10-4-3-9-18(19)15-29-21-24-17-25-26-21)23-16-22(11-5-1-6-12-22)27-13-7-2-8-14-27/h3-4,9-10,17H,1-2,5-8,11-16H2,(H,23,28)(H,24,25,26). The van der Waals surface area contributed by atoms with E-state index in [9.17, 15) is 4.79 Å².